The van der Waals surface area contributed by atoms with Gasteiger partial charge in [-0.25, -0.2) is 0 Å². The van der Waals surface area contributed by atoms with Crippen LogP contribution < -0.4 is 5.73 Å². The Kier molecular flexibility index (Phi) is 2.27. The molecule has 1 rings (SSSR count). The molecule has 1 aliphatic rings. The van der Waals surface area contributed by atoms with E-state index in [1.54, 1.807) is 0 Å². The minimum atomic E-state index is -0.480. The number of amides is 1. The van der Waals surface area contributed by atoms with Crippen LogP contribution in [-0.4, -0.2) is 17.1 Å². The third-order valence-corrected chi connectivity index (χ3v) is 2.09. The summed E-state index contributed by atoms with van der Waals surface area (Å²) in [4.78, 5) is 10.6. The molecule has 3 N–H and O–H groups in total. The van der Waals surface area contributed by atoms with Gasteiger partial charge in [0, 0.05) is 0 Å². The highest BCUT2D eigenvalue weighted by Crippen LogP contribution is 2.23. The van der Waals surface area contributed by atoms with Crippen LogP contribution in [0.2, 0.25) is 0 Å². The fourth-order valence-electron chi connectivity index (χ4n) is 1.44. The van der Waals surface area contributed by atoms with E-state index in [0.717, 1.165) is 25.7 Å². The molecule has 2 atom stereocenters. The second-order valence-corrected chi connectivity index (χ2v) is 2.86. The summed E-state index contributed by atoms with van der Waals surface area (Å²) in [5, 5.41) is 9.24. The van der Waals surface area contributed by atoms with Gasteiger partial charge in [-0.1, -0.05) is 12.8 Å². The van der Waals surface area contributed by atoms with Crippen LogP contribution in [0.25, 0.3) is 0 Å². The first-order valence-electron chi connectivity index (χ1n) is 3.69. The predicted molar refractivity (Wildman–Crippen MR) is 37.2 cm³/mol. The highest BCUT2D eigenvalue weighted by atomic mass is 16.3. The molecule has 0 heterocycles. The van der Waals surface area contributed by atoms with E-state index in [1.165, 1.54) is 0 Å². The Labute approximate surface area is 60.2 Å². The van der Waals surface area contributed by atoms with Gasteiger partial charge in [0.2, 0.25) is 5.91 Å². The zero-order valence-corrected chi connectivity index (χ0v) is 5.92. The first-order chi connectivity index (χ1) is 4.72. The van der Waals surface area contributed by atoms with Gasteiger partial charge >= 0.3 is 0 Å². The summed E-state index contributed by atoms with van der Waals surface area (Å²) in [5.74, 6) is -0.638. The van der Waals surface area contributed by atoms with E-state index >= 15 is 0 Å². The molecule has 3 nitrogen and oxygen atoms in total. The first kappa shape index (κ1) is 7.54. The molecule has 3 heteroatoms. The van der Waals surface area contributed by atoms with E-state index in [4.69, 9.17) is 5.73 Å². The summed E-state index contributed by atoms with van der Waals surface area (Å²) in [7, 11) is 0. The average molecular weight is 143 g/mol. The largest absolute Gasteiger partial charge is 0.392 e. The average Bonchev–Trinajstić information content (AvgIpc) is 1.88. The summed E-state index contributed by atoms with van der Waals surface area (Å²) in [6.45, 7) is 0. The number of nitrogens with two attached hydrogens (primary N) is 1. The lowest BCUT2D eigenvalue weighted by Gasteiger charge is -2.24. The van der Waals surface area contributed by atoms with Crippen molar-refractivity contribution < 1.29 is 9.90 Å². The van der Waals surface area contributed by atoms with Gasteiger partial charge in [0.05, 0.1) is 12.0 Å². The molecule has 1 fully saturated rings. The first-order valence-corrected chi connectivity index (χ1v) is 3.69. The molecule has 1 aliphatic carbocycles. The summed E-state index contributed by atoms with van der Waals surface area (Å²) >= 11 is 0. The Hall–Kier alpha value is -0.570. The maximum atomic E-state index is 10.6. The molecular formula is C7H13NO2. The number of hydrogen-bond donors (Lipinski definition) is 2. The minimum Gasteiger partial charge on any atom is -0.392 e. The molecule has 1 unspecified atom stereocenters. The van der Waals surface area contributed by atoms with Crippen molar-refractivity contribution in [1.29, 1.82) is 0 Å². The van der Waals surface area contributed by atoms with Crippen molar-refractivity contribution in [2.24, 2.45) is 11.7 Å². The molecule has 0 radical (unpaired) electrons. The molecular weight excluding hydrogens is 130 g/mol. The second-order valence-electron chi connectivity index (χ2n) is 2.86. The zero-order chi connectivity index (χ0) is 7.56. The molecule has 0 aromatic carbocycles. The summed E-state index contributed by atoms with van der Waals surface area (Å²) in [6, 6.07) is 0. The lowest BCUT2D eigenvalue weighted by molar-refractivity contribution is -0.126. The molecule has 0 aliphatic heterocycles. The predicted octanol–water partition coefficient (Wildman–Crippen LogP) is 0.0228. The topological polar surface area (TPSA) is 63.3 Å². The molecule has 1 saturated carbocycles. The van der Waals surface area contributed by atoms with Crippen molar-refractivity contribution in [2.75, 3.05) is 0 Å². The van der Waals surface area contributed by atoms with Crippen molar-refractivity contribution in [1.82, 2.24) is 0 Å². The van der Waals surface area contributed by atoms with Crippen LogP contribution in [0.1, 0.15) is 25.7 Å². The van der Waals surface area contributed by atoms with E-state index in [0.29, 0.717) is 0 Å². The Morgan fingerprint density at radius 3 is 2.40 bits per heavy atom. The van der Waals surface area contributed by atoms with Crippen LogP contribution in [0.4, 0.5) is 0 Å². The number of primary amides is 1. The summed E-state index contributed by atoms with van der Waals surface area (Å²) in [6.07, 6.45) is 3.05. The Morgan fingerprint density at radius 1 is 1.40 bits per heavy atom. The van der Waals surface area contributed by atoms with Crippen molar-refractivity contribution in [2.45, 2.75) is 31.8 Å². The fraction of sp³-hybridized carbons (Fsp3) is 0.857. The van der Waals surface area contributed by atoms with Gasteiger partial charge in [0.25, 0.3) is 0 Å². The lowest BCUT2D eigenvalue weighted by Crippen LogP contribution is -2.35. The zero-order valence-electron chi connectivity index (χ0n) is 5.92. The maximum Gasteiger partial charge on any atom is 0.223 e. The molecule has 0 aromatic heterocycles. The summed E-state index contributed by atoms with van der Waals surface area (Å²) in [5.41, 5.74) is 5.06. The molecule has 58 valence electrons. The van der Waals surface area contributed by atoms with E-state index < -0.39 is 6.10 Å². The monoisotopic (exact) mass is 143 g/mol. The van der Waals surface area contributed by atoms with E-state index in [9.17, 15) is 9.90 Å². The molecule has 0 aromatic rings. The van der Waals surface area contributed by atoms with Crippen LogP contribution >= 0.6 is 0 Å². The third-order valence-electron chi connectivity index (χ3n) is 2.09. The smallest absolute Gasteiger partial charge is 0.223 e. The van der Waals surface area contributed by atoms with Gasteiger partial charge in [-0.2, -0.15) is 0 Å². The second kappa shape index (κ2) is 3.01. The fourth-order valence-corrected chi connectivity index (χ4v) is 1.44. The number of aliphatic hydroxyl groups excluding tert-OH is 1. The Bertz CT molecular complexity index is 136. The van der Waals surface area contributed by atoms with Crippen LogP contribution in [0.3, 0.4) is 0 Å². The Morgan fingerprint density at radius 2 is 2.00 bits per heavy atom. The van der Waals surface area contributed by atoms with Crippen molar-refractivity contribution in [3.63, 3.8) is 0 Å². The van der Waals surface area contributed by atoms with Crippen molar-refractivity contribution in [3.8, 4) is 0 Å². The molecule has 1 amide bonds. The van der Waals surface area contributed by atoms with E-state index in [-0.39, 0.29) is 11.8 Å². The lowest BCUT2D eigenvalue weighted by atomic mass is 9.86. The molecule has 10 heavy (non-hydrogen) atoms. The van der Waals surface area contributed by atoms with Crippen LogP contribution in [0.15, 0.2) is 0 Å². The van der Waals surface area contributed by atoms with Gasteiger partial charge in [0.15, 0.2) is 0 Å². The van der Waals surface area contributed by atoms with E-state index in [1.807, 2.05) is 0 Å². The van der Waals surface area contributed by atoms with Gasteiger partial charge < -0.3 is 10.8 Å². The number of carbonyl (C=O) groups excluding carboxylic acids is 1. The summed E-state index contributed by atoms with van der Waals surface area (Å²) < 4.78 is 0. The number of aliphatic hydroxyl groups is 1. The minimum absolute atomic E-state index is 0.284. The van der Waals surface area contributed by atoms with Gasteiger partial charge in [0.1, 0.15) is 0 Å². The number of rotatable bonds is 1. The van der Waals surface area contributed by atoms with E-state index in [2.05, 4.69) is 0 Å². The van der Waals surface area contributed by atoms with Gasteiger partial charge in [-0.3, -0.25) is 4.79 Å². The van der Waals surface area contributed by atoms with Crippen molar-refractivity contribution >= 4 is 5.91 Å². The highest BCUT2D eigenvalue weighted by molar-refractivity contribution is 5.77. The SMILES string of the molecule is NC(=O)C1CCCC[C@H]1O. The normalized spacial score (nSPS) is 33.7. The molecule has 0 spiro atoms. The quantitative estimate of drug-likeness (QED) is 0.543. The maximum absolute atomic E-state index is 10.6. The number of hydrogen-bond acceptors (Lipinski definition) is 2. The highest BCUT2D eigenvalue weighted by Gasteiger charge is 2.26. The van der Waals surface area contributed by atoms with Crippen LogP contribution in [0, 0.1) is 5.92 Å². The van der Waals surface area contributed by atoms with Crippen molar-refractivity contribution in [3.05, 3.63) is 0 Å². The number of carbonyl (C=O) groups is 1. The molecule has 0 bridgehead atoms. The van der Waals surface area contributed by atoms with Crippen LogP contribution in [0.5, 0.6) is 0 Å². The van der Waals surface area contributed by atoms with Gasteiger partial charge in [-0.05, 0) is 12.8 Å². The standard InChI is InChI=1S/C7H13NO2/c8-7(10)5-3-1-2-4-6(5)9/h5-6,9H,1-4H2,(H2,8,10)/t5?,6-/m1/s1. The van der Waals surface area contributed by atoms with Crippen LogP contribution in [-0.2, 0) is 4.79 Å². The third kappa shape index (κ3) is 1.48. The molecule has 0 saturated heterocycles. The van der Waals surface area contributed by atoms with Gasteiger partial charge in [-0.15, -0.1) is 0 Å². The Balaban J connectivity index is 2.47.